The number of carbonyl (C=O) groups excluding carboxylic acids is 1. The van der Waals surface area contributed by atoms with Crippen LogP contribution in [0.1, 0.15) is 30.4 Å². The molecule has 30 heavy (non-hydrogen) atoms. The quantitative estimate of drug-likeness (QED) is 0.650. The highest BCUT2D eigenvalue weighted by atomic mass is 16.5. The Balaban J connectivity index is 1.47. The standard InChI is InChI=1S/C24H31NO5/c1-17-8-9-20(18(2)16-17)29-15-12-23(26)25-13-10-19(11-14-25)30-24-21(27-3)6-5-7-22(24)28-4/h5-9,16,19H,10-15H2,1-4H3. The van der Waals surface area contributed by atoms with E-state index < -0.39 is 0 Å². The van der Waals surface area contributed by atoms with Gasteiger partial charge >= 0.3 is 0 Å². The molecule has 1 saturated heterocycles. The van der Waals surface area contributed by atoms with E-state index in [4.69, 9.17) is 18.9 Å². The first-order valence-electron chi connectivity index (χ1n) is 10.4. The molecule has 0 atom stereocenters. The van der Waals surface area contributed by atoms with Crippen molar-refractivity contribution in [3.05, 3.63) is 47.5 Å². The van der Waals surface area contributed by atoms with Crippen LogP contribution in [0.2, 0.25) is 0 Å². The molecule has 0 aliphatic carbocycles. The minimum absolute atomic E-state index is 0.0192. The zero-order valence-corrected chi connectivity index (χ0v) is 18.3. The third kappa shape index (κ3) is 5.38. The van der Waals surface area contributed by atoms with Gasteiger partial charge in [-0.25, -0.2) is 0 Å². The number of aryl methyl sites for hydroxylation is 2. The number of amides is 1. The molecule has 0 radical (unpaired) electrons. The van der Waals surface area contributed by atoms with E-state index in [0.29, 0.717) is 43.4 Å². The van der Waals surface area contributed by atoms with E-state index >= 15 is 0 Å². The van der Waals surface area contributed by atoms with Gasteiger partial charge < -0.3 is 23.8 Å². The molecule has 0 bridgehead atoms. The van der Waals surface area contributed by atoms with Crippen LogP contribution in [0.3, 0.4) is 0 Å². The molecule has 2 aromatic rings. The molecule has 0 unspecified atom stereocenters. The summed E-state index contributed by atoms with van der Waals surface area (Å²) in [7, 11) is 3.23. The number of methoxy groups -OCH3 is 2. The first-order valence-corrected chi connectivity index (χ1v) is 10.4. The number of para-hydroxylation sites is 1. The van der Waals surface area contributed by atoms with Crippen LogP contribution in [0.5, 0.6) is 23.0 Å². The van der Waals surface area contributed by atoms with Crippen LogP contribution in [-0.2, 0) is 4.79 Å². The van der Waals surface area contributed by atoms with Crippen LogP contribution < -0.4 is 18.9 Å². The summed E-state index contributed by atoms with van der Waals surface area (Å²) in [6, 6.07) is 11.6. The number of hydrogen-bond acceptors (Lipinski definition) is 5. The molecule has 2 aromatic carbocycles. The molecule has 6 nitrogen and oxygen atoms in total. The second kappa shape index (κ2) is 10.2. The smallest absolute Gasteiger partial charge is 0.226 e. The Morgan fingerprint density at radius 3 is 2.27 bits per heavy atom. The summed E-state index contributed by atoms with van der Waals surface area (Å²) in [6.45, 7) is 5.80. The summed E-state index contributed by atoms with van der Waals surface area (Å²) in [5, 5.41) is 0. The predicted molar refractivity (Wildman–Crippen MR) is 116 cm³/mol. The van der Waals surface area contributed by atoms with Crippen molar-refractivity contribution >= 4 is 5.91 Å². The third-order valence-corrected chi connectivity index (χ3v) is 5.37. The van der Waals surface area contributed by atoms with Gasteiger partial charge in [0.15, 0.2) is 11.5 Å². The van der Waals surface area contributed by atoms with Gasteiger partial charge in [0, 0.05) is 25.9 Å². The lowest BCUT2D eigenvalue weighted by Crippen LogP contribution is -2.42. The third-order valence-electron chi connectivity index (χ3n) is 5.37. The Kier molecular flexibility index (Phi) is 7.44. The Morgan fingerprint density at radius 2 is 1.67 bits per heavy atom. The van der Waals surface area contributed by atoms with Crippen molar-refractivity contribution in [2.45, 2.75) is 39.2 Å². The van der Waals surface area contributed by atoms with Crippen molar-refractivity contribution in [3.63, 3.8) is 0 Å². The van der Waals surface area contributed by atoms with Crippen LogP contribution in [0.15, 0.2) is 36.4 Å². The van der Waals surface area contributed by atoms with Crippen molar-refractivity contribution < 1.29 is 23.7 Å². The van der Waals surface area contributed by atoms with E-state index in [9.17, 15) is 4.79 Å². The summed E-state index contributed by atoms with van der Waals surface area (Å²) in [6.07, 6.45) is 1.93. The molecule has 0 N–H and O–H groups in total. The zero-order valence-electron chi connectivity index (χ0n) is 18.3. The Bertz CT molecular complexity index is 836. The molecule has 1 aliphatic heterocycles. The van der Waals surface area contributed by atoms with Crippen molar-refractivity contribution in [1.82, 2.24) is 4.90 Å². The maximum atomic E-state index is 12.6. The highest BCUT2D eigenvalue weighted by Crippen LogP contribution is 2.38. The fourth-order valence-corrected chi connectivity index (χ4v) is 3.69. The van der Waals surface area contributed by atoms with E-state index in [1.165, 1.54) is 5.56 Å². The van der Waals surface area contributed by atoms with Gasteiger partial charge in [0.2, 0.25) is 11.7 Å². The number of piperidine rings is 1. The lowest BCUT2D eigenvalue weighted by molar-refractivity contribution is -0.133. The number of carbonyl (C=O) groups is 1. The fourth-order valence-electron chi connectivity index (χ4n) is 3.69. The molecular formula is C24H31NO5. The fraction of sp³-hybridized carbons (Fsp3) is 0.458. The highest BCUT2D eigenvalue weighted by molar-refractivity contribution is 5.76. The number of nitrogens with zero attached hydrogens (tertiary/aromatic N) is 1. The molecule has 0 aromatic heterocycles. The van der Waals surface area contributed by atoms with Crippen molar-refractivity contribution in [2.24, 2.45) is 0 Å². The molecule has 1 fully saturated rings. The van der Waals surface area contributed by atoms with Crippen LogP contribution in [-0.4, -0.2) is 50.8 Å². The summed E-state index contributed by atoms with van der Waals surface area (Å²) >= 11 is 0. The lowest BCUT2D eigenvalue weighted by Gasteiger charge is -2.32. The highest BCUT2D eigenvalue weighted by Gasteiger charge is 2.25. The second-order valence-corrected chi connectivity index (χ2v) is 7.56. The van der Waals surface area contributed by atoms with Gasteiger partial charge in [-0.05, 0) is 37.6 Å². The molecule has 0 saturated carbocycles. The average molecular weight is 414 g/mol. The number of benzene rings is 2. The molecule has 162 valence electrons. The molecule has 0 spiro atoms. The lowest BCUT2D eigenvalue weighted by atomic mass is 10.1. The van der Waals surface area contributed by atoms with Crippen molar-refractivity contribution in [2.75, 3.05) is 33.9 Å². The number of rotatable bonds is 8. The largest absolute Gasteiger partial charge is 0.493 e. The minimum Gasteiger partial charge on any atom is -0.493 e. The van der Waals surface area contributed by atoms with Crippen LogP contribution >= 0.6 is 0 Å². The second-order valence-electron chi connectivity index (χ2n) is 7.56. The Morgan fingerprint density at radius 1 is 1.00 bits per heavy atom. The average Bonchev–Trinajstić information content (AvgIpc) is 2.75. The first-order chi connectivity index (χ1) is 14.5. The van der Waals surface area contributed by atoms with Crippen LogP contribution in [0.25, 0.3) is 0 Å². The summed E-state index contributed by atoms with van der Waals surface area (Å²) in [5.74, 6) is 2.88. The Hall–Kier alpha value is -2.89. The van der Waals surface area contributed by atoms with E-state index in [1.54, 1.807) is 14.2 Å². The normalized spacial score (nSPS) is 14.3. The zero-order chi connectivity index (χ0) is 21.5. The van der Waals surface area contributed by atoms with Crippen LogP contribution in [0, 0.1) is 13.8 Å². The SMILES string of the molecule is COc1cccc(OC)c1OC1CCN(C(=O)CCOc2ccc(C)cc2C)CC1. The van der Waals surface area contributed by atoms with Gasteiger partial charge in [-0.3, -0.25) is 4.79 Å². The van der Waals surface area contributed by atoms with E-state index in [1.807, 2.05) is 42.2 Å². The van der Waals surface area contributed by atoms with Gasteiger partial charge in [0.1, 0.15) is 11.9 Å². The maximum absolute atomic E-state index is 12.6. The van der Waals surface area contributed by atoms with Gasteiger partial charge in [0.05, 0.1) is 27.2 Å². The molecule has 1 aliphatic rings. The number of ether oxygens (including phenoxy) is 4. The van der Waals surface area contributed by atoms with Gasteiger partial charge in [0.25, 0.3) is 0 Å². The summed E-state index contributed by atoms with van der Waals surface area (Å²) in [5.41, 5.74) is 2.29. The monoisotopic (exact) mass is 413 g/mol. The number of likely N-dealkylation sites (tertiary alicyclic amines) is 1. The van der Waals surface area contributed by atoms with Crippen LogP contribution in [0.4, 0.5) is 0 Å². The van der Waals surface area contributed by atoms with Crippen molar-refractivity contribution in [3.8, 4) is 23.0 Å². The molecule has 1 heterocycles. The van der Waals surface area contributed by atoms with Gasteiger partial charge in [-0.1, -0.05) is 23.8 Å². The van der Waals surface area contributed by atoms with Gasteiger partial charge in [-0.2, -0.15) is 0 Å². The first kappa shape index (κ1) is 21.8. The summed E-state index contributed by atoms with van der Waals surface area (Å²) < 4.78 is 22.8. The number of hydrogen-bond donors (Lipinski definition) is 0. The molecule has 6 heteroatoms. The topological polar surface area (TPSA) is 57.2 Å². The maximum Gasteiger partial charge on any atom is 0.226 e. The molecule has 1 amide bonds. The van der Waals surface area contributed by atoms with E-state index in [-0.39, 0.29) is 12.0 Å². The summed E-state index contributed by atoms with van der Waals surface area (Å²) in [4.78, 5) is 14.5. The predicted octanol–water partition coefficient (Wildman–Crippen LogP) is 4.16. The van der Waals surface area contributed by atoms with Crippen molar-refractivity contribution in [1.29, 1.82) is 0 Å². The molecule has 3 rings (SSSR count). The van der Waals surface area contributed by atoms with Gasteiger partial charge in [-0.15, -0.1) is 0 Å². The van der Waals surface area contributed by atoms with E-state index in [0.717, 1.165) is 24.2 Å². The van der Waals surface area contributed by atoms with E-state index in [2.05, 4.69) is 13.0 Å². The minimum atomic E-state index is 0.0192. The Labute approximate surface area is 178 Å². The molecular weight excluding hydrogens is 382 g/mol.